The van der Waals surface area contributed by atoms with E-state index >= 15 is 0 Å². The molecule has 1 amide bonds. The second-order valence-electron chi connectivity index (χ2n) is 7.26. The van der Waals surface area contributed by atoms with Crippen LogP contribution in [0.2, 0.25) is 0 Å². The zero-order chi connectivity index (χ0) is 23.5. The molecule has 0 radical (unpaired) electrons. The van der Waals surface area contributed by atoms with Crippen molar-refractivity contribution in [2.45, 2.75) is 26.1 Å². The molecule has 10 heteroatoms. The Labute approximate surface area is 210 Å². The molecule has 3 N–H and O–H groups in total. The average Bonchev–Trinajstić information content (AvgIpc) is 2.77. The van der Waals surface area contributed by atoms with Crippen LogP contribution in [0.3, 0.4) is 0 Å². The lowest BCUT2D eigenvalue weighted by Crippen LogP contribution is -2.38. The summed E-state index contributed by atoms with van der Waals surface area (Å²) in [5, 5.41) is 16.7. The molecular weight excluding hydrogens is 545 g/mol. The highest BCUT2D eigenvalue weighted by Crippen LogP contribution is 2.19. The molecule has 7 nitrogen and oxygen atoms in total. The number of carbonyl (C=O) groups is 1. The lowest BCUT2D eigenvalue weighted by atomic mass is 10.1. The number of aliphatic hydroxyl groups excluding tert-OH is 1. The fourth-order valence-corrected chi connectivity index (χ4v) is 2.94. The number of benzene rings is 2. The first-order valence-corrected chi connectivity index (χ1v) is 10.4. The maximum atomic E-state index is 12.2. The first-order valence-electron chi connectivity index (χ1n) is 10.4. The van der Waals surface area contributed by atoms with Crippen LogP contribution in [-0.2, 0) is 6.42 Å². The summed E-state index contributed by atoms with van der Waals surface area (Å²) in [7, 11) is 3.44. The number of nitrogens with zero attached hydrogens (tertiary/aromatic N) is 2. The van der Waals surface area contributed by atoms with Gasteiger partial charge in [0.2, 0.25) is 0 Å². The van der Waals surface area contributed by atoms with E-state index in [4.69, 9.17) is 0 Å². The van der Waals surface area contributed by atoms with Gasteiger partial charge in [0.25, 0.3) is 5.91 Å². The van der Waals surface area contributed by atoms with E-state index in [2.05, 4.69) is 20.4 Å². The third-order valence-electron chi connectivity index (χ3n) is 4.54. The predicted molar refractivity (Wildman–Crippen MR) is 136 cm³/mol. The molecule has 0 fully saturated rings. The maximum Gasteiger partial charge on any atom is 0.387 e. The van der Waals surface area contributed by atoms with Crippen molar-refractivity contribution in [1.29, 1.82) is 0 Å². The minimum Gasteiger partial charge on any atom is -0.435 e. The second kappa shape index (κ2) is 14.6. The largest absolute Gasteiger partial charge is 0.435 e. The van der Waals surface area contributed by atoms with Crippen molar-refractivity contribution >= 4 is 35.8 Å². The normalized spacial score (nSPS) is 12.0. The number of aliphatic imine (C=N–C) groups is 1. The molecule has 0 aromatic heterocycles. The lowest BCUT2D eigenvalue weighted by Gasteiger charge is -2.14. The Morgan fingerprint density at radius 2 is 1.85 bits per heavy atom. The molecule has 182 valence electrons. The highest BCUT2D eigenvalue weighted by atomic mass is 127. The van der Waals surface area contributed by atoms with E-state index in [-0.39, 0.29) is 42.2 Å². The summed E-state index contributed by atoms with van der Waals surface area (Å²) >= 11 is 0. The quantitative estimate of drug-likeness (QED) is 0.229. The Bertz CT molecular complexity index is 896. The number of guanidine groups is 1. The van der Waals surface area contributed by atoms with Crippen molar-refractivity contribution < 1.29 is 23.4 Å². The number of hydrogen-bond acceptors (Lipinski definition) is 4. The predicted octanol–water partition coefficient (Wildman–Crippen LogP) is 3.44. The van der Waals surface area contributed by atoms with Gasteiger partial charge in [-0.15, -0.1) is 24.0 Å². The molecule has 0 spiro atoms. The smallest absolute Gasteiger partial charge is 0.387 e. The van der Waals surface area contributed by atoms with Gasteiger partial charge >= 0.3 is 6.61 Å². The summed E-state index contributed by atoms with van der Waals surface area (Å²) < 4.78 is 28.8. The molecule has 0 aliphatic rings. The van der Waals surface area contributed by atoms with Crippen molar-refractivity contribution in [2.24, 2.45) is 4.99 Å². The maximum absolute atomic E-state index is 12.2. The van der Waals surface area contributed by atoms with Crippen LogP contribution in [0.1, 0.15) is 34.5 Å². The standard InChI is InChI=1S/C23H30F2N4O3.HI/c1-4-26-23(27-13-12-16-6-5-7-18(14-16)21(31)29(2)3)28-15-20(30)17-8-10-19(11-9-17)32-22(24)25;/h5-11,14,20,22,30H,4,12-13,15H2,1-3H3,(H2,26,27,28);1H. The molecule has 0 bridgehead atoms. The van der Waals surface area contributed by atoms with E-state index in [9.17, 15) is 18.7 Å². The molecule has 1 atom stereocenters. The second-order valence-corrected chi connectivity index (χ2v) is 7.26. The van der Waals surface area contributed by atoms with E-state index < -0.39 is 12.7 Å². The van der Waals surface area contributed by atoms with Gasteiger partial charge in [-0.25, -0.2) is 0 Å². The molecule has 2 rings (SSSR count). The van der Waals surface area contributed by atoms with Crippen LogP contribution in [0, 0.1) is 0 Å². The number of amides is 1. The molecule has 2 aromatic carbocycles. The van der Waals surface area contributed by atoms with Gasteiger partial charge in [0.1, 0.15) is 5.75 Å². The highest BCUT2D eigenvalue weighted by molar-refractivity contribution is 14.0. The summed E-state index contributed by atoms with van der Waals surface area (Å²) in [4.78, 5) is 18.0. The number of hydrogen-bond donors (Lipinski definition) is 3. The van der Waals surface area contributed by atoms with Crippen molar-refractivity contribution in [3.8, 4) is 5.75 Å². The highest BCUT2D eigenvalue weighted by Gasteiger charge is 2.10. The Hall–Kier alpha value is -2.47. The Kier molecular flexibility index (Phi) is 12.7. The summed E-state index contributed by atoms with van der Waals surface area (Å²) in [6, 6.07) is 13.3. The van der Waals surface area contributed by atoms with Gasteiger partial charge in [-0.2, -0.15) is 8.78 Å². The van der Waals surface area contributed by atoms with Gasteiger partial charge in [0, 0.05) is 32.7 Å². The third kappa shape index (κ3) is 9.91. The zero-order valence-corrected chi connectivity index (χ0v) is 21.3. The number of halogens is 3. The van der Waals surface area contributed by atoms with Crippen LogP contribution in [0.4, 0.5) is 8.78 Å². The minimum atomic E-state index is -2.89. The number of carbonyl (C=O) groups excluding carboxylic acids is 1. The van der Waals surface area contributed by atoms with Crippen LogP contribution < -0.4 is 15.4 Å². The van der Waals surface area contributed by atoms with E-state index in [0.29, 0.717) is 36.6 Å². The topological polar surface area (TPSA) is 86.2 Å². The molecule has 0 saturated heterocycles. The first-order chi connectivity index (χ1) is 15.3. The van der Waals surface area contributed by atoms with Crippen LogP contribution in [0.25, 0.3) is 0 Å². The van der Waals surface area contributed by atoms with Crippen molar-refractivity contribution in [2.75, 3.05) is 33.7 Å². The van der Waals surface area contributed by atoms with Gasteiger partial charge in [-0.1, -0.05) is 24.3 Å². The monoisotopic (exact) mass is 576 g/mol. The first kappa shape index (κ1) is 28.6. The molecular formula is C23H31F2IN4O3. The molecule has 2 aromatic rings. The van der Waals surface area contributed by atoms with Gasteiger partial charge in [0.15, 0.2) is 5.96 Å². The molecule has 0 aliphatic heterocycles. The van der Waals surface area contributed by atoms with E-state index in [1.807, 2.05) is 25.1 Å². The molecule has 0 aliphatic carbocycles. The Morgan fingerprint density at radius 3 is 2.45 bits per heavy atom. The molecule has 33 heavy (non-hydrogen) atoms. The SMILES string of the molecule is CCNC(=NCC(O)c1ccc(OC(F)F)cc1)NCCc1cccc(C(=O)N(C)C)c1.I. The average molecular weight is 576 g/mol. The van der Waals surface area contributed by atoms with Crippen LogP contribution in [-0.4, -0.2) is 62.2 Å². The van der Waals surface area contributed by atoms with Crippen molar-refractivity contribution in [1.82, 2.24) is 15.5 Å². The summed E-state index contributed by atoms with van der Waals surface area (Å²) in [6.07, 6.45) is -0.201. The number of alkyl halides is 2. The van der Waals surface area contributed by atoms with Crippen molar-refractivity contribution in [3.05, 3.63) is 65.2 Å². The van der Waals surface area contributed by atoms with Crippen LogP contribution in [0.15, 0.2) is 53.5 Å². The Morgan fingerprint density at radius 1 is 1.15 bits per heavy atom. The fourth-order valence-electron chi connectivity index (χ4n) is 2.94. The summed E-state index contributed by atoms with van der Waals surface area (Å²) in [5.74, 6) is 0.535. The van der Waals surface area contributed by atoms with E-state index in [1.165, 1.54) is 29.2 Å². The molecule has 0 heterocycles. The molecule has 1 unspecified atom stereocenters. The summed E-state index contributed by atoms with van der Waals surface area (Å²) in [6.45, 7) is 0.374. The van der Waals surface area contributed by atoms with E-state index in [0.717, 1.165) is 5.56 Å². The van der Waals surface area contributed by atoms with Gasteiger partial charge in [-0.05, 0) is 48.7 Å². The Balaban J connectivity index is 0.00000544. The summed E-state index contributed by atoms with van der Waals surface area (Å²) in [5.41, 5.74) is 2.21. The lowest BCUT2D eigenvalue weighted by molar-refractivity contribution is -0.0498. The number of rotatable bonds is 10. The number of nitrogens with one attached hydrogen (secondary N) is 2. The van der Waals surface area contributed by atoms with E-state index in [1.54, 1.807) is 20.2 Å². The minimum absolute atomic E-state index is 0. The van der Waals surface area contributed by atoms with Gasteiger partial charge < -0.3 is 25.4 Å². The van der Waals surface area contributed by atoms with Crippen LogP contribution in [0.5, 0.6) is 5.75 Å². The number of ether oxygens (including phenoxy) is 1. The third-order valence-corrected chi connectivity index (χ3v) is 4.54. The van der Waals surface area contributed by atoms with Gasteiger partial charge in [-0.3, -0.25) is 9.79 Å². The zero-order valence-electron chi connectivity index (χ0n) is 18.9. The number of aliphatic hydroxyl groups is 1. The van der Waals surface area contributed by atoms with Crippen LogP contribution >= 0.6 is 24.0 Å². The fraction of sp³-hybridized carbons (Fsp3) is 0.391. The van der Waals surface area contributed by atoms with Crippen molar-refractivity contribution in [3.63, 3.8) is 0 Å². The molecule has 0 saturated carbocycles. The van der Waals surface area contributed by atoms with Gasteiger partial charge in [0.05, 0.1) is 12.6 Å².